The van der Waals surface area contributed by atoms with Crippen LogP contribution < -0.4 is 5.32 Å². The molecule has 39 heavy (non-hydrogen) atoms. The van der Waals surface area contributed by atoms with Crippen LogP contribution in [0.15, 0.2) is 67.3 Å². The molecule has 0 unspecified atom stereocenters. The molecule has 10 heteroatoms. The van der Waals surface area contributed by atoms with Crippen molar-refractivity contribution < 1.29 is 13.6 Å². The van der Waals surface area contributed by atoms with Crippen molar-refractivity contribution in [1.82, 2.24) is 30.1 Å². The fourth-order valence-electron chi connectivity index (χ4n) is 4.57. The lowest BCUT2D eigenvalue weighted by molar-refractivity contribution is -0.116. The van der Waals surface area contributed by atoms with Gasteiger partial charge in [-0.1, -0.05) is 19.9 Å². The van der Waals surface area contributed by atoms with E-state index in [1.165, 1.54) is 6.20 Å². The van der Waals surface area contributed by atoms with Gasteiger partial charge < -0.3 is 10.3 Å². The predicted molar refractivity (Wildman–Crippen MR) is 146 cm³/mol. The second-order valence-corrected chi connectivity index (χ2v) is 9.73. The zero-order valence-electron chi connectivity index (χ0n) is 21.1. The largest absolute Gasteiger partial charge is 0.335 e. The van der Waals surface area contributed by atoms with E-state index in [-0.39, 0.29) is 17.4 Å². The average Bonchev–Trinajstić information content (AvgIpc) is 3.53. The molecule has 8 nitrogen and oxygen atoms in total. The molecule has 6 aromatic rings. The summed E-state index contributed by atoms with van der Waals surface area (Å²) >= 11 is 0. The van der Waals surface area contributed by atoms with E-state index in [1.54, 1.807) is 18.6 Å². The molecule has 0 spiro atoms. The molecule has 0 aliphatic heterocycles. The highest BCUT2D eigenvalue weighted by molar-refractivity contribution is 5.98. The minimum Gasteiger partial charge on any atom is -0.335 e. The number of carbonyl (C=O) groups is 1. The van der Waals surface area contributed by atoms with Crippen LogP contribution in [0.3, 0.4) is 0 Å². The number of imidazole rings is 1. The van der Waals surface area contributed by atoms with Crippen LogP contribution in [0.5, 0.6) is 0 Å². The molecular formula is C29H23F2N7O. The summed E-state index contributed by atoms with van der Waals surface area (Å²) in [5, 5.41) is 11.2. The minimum absolute atomic E-state index is 0.0617. The lowest BCUT2D eigenvalue weighted by Crippen LogP contribution is -2.13. The summed E-state index contributed by atoms with van der Waals surface area (Å²) in [5.41, 5.74) is 5.12. The molecule has 0 atom stereocenters. The first-order valence-electron chi connectivity index (χ1n) is 12.4. The van der Waals surface area contributed by atoms with E-state index in [0.29, 0.717) is 40.2 Å². The smallest absolute Gasteiger partial charge is 0.224 e. The van der Waals surface area contributed by atoms with Gasteiger partial charge in [0.05, 0.1) is 29.1 Å². The van der Waals surface area contributed by atoms with E-state index >= 15 is 0 Å². The second-order valence-electron chi connectivity index (χ2n) is 9.73. The molecule has 4 aromatic heterocycles. The maximum atomic E-state index is 14.6. The molecule has 2 aromatic carbocycles. The van der Waals surface area contributed by atoms with Crippen LogP contribution >= 0.6 is 0 Å². The fourth-order valence-corrected chi connectivity index (χ4v) is 4.57. The van der Waals surface area contributed by atoms with Crippen LogP contribution in [0.2, 0.25) is 0 Å². The lowest BCUT2D eigenvalue weighted by atomic mass is 10.0. The van der Waals surface area contributed by atoms with Gasteiger partial charge >= 0.3 is 0 Å². The normalized spacial score (nSPS) is 11.5. The Kier molecular flexibility index (Phi) is 6.07. The Hall–Kier alpha value is -4.99. The molecule has 0 bridgehead atoms. The standard InChI is InChI=1S/C29H23F2N7O/c1-15(2)7-26(39)34-19-8-17(11-32-12-19)16-3-6-24-21(9-16)28(38-37-24)29-35-25-14-33-13-22(27(25)36-29)20-10-18(30)4-5-23(20)31/h3-6,8-15H,7H2,1-2H3,(H,34,39)(H,35,36)(H,37,38). The number of fused-ring (bicyclic) bond motifs is 2. The molecule has 4 heterocycles. The van der Waals surface area contributed by atoms with Gasteiger partial charge in [-0.2, -0.15) is 5.10 Å². The quantitative estimate of drug-likeness (QED) is 0.231. The van der Waals surface area contributed by atoms with Crippen LogP contribution in [-0.2, 0) is 4.79 Å². The maximum Gasteiger partial charge on any atom is 0.224 e. The Morgan fingerprint density at radius 1 is 0.923 bits per heavy atom. The fraction of sp³-hybridized carbons (Fsp3) is 0.138. The number of H-pyrrole nitrogens is 2. The summed E-state index contributed by atoms with van der Waals surface area (Å²) in [6.07, 6.45) is 6.81. The molecule has 3 N–H and O–H groups in total. The van der Waals surface area contributed by atoms with Crippen molar-refractivity contribution in [3.8, 4) is 33.8 Å². The number of hydrogen-bond donors (Lipinski definition) is 3. The van der Waals surface area contributed by atoms with Crippen molar-refractivity contribution in [1.29, 1.82) is 0 Å². The van der Waals surface area contributed by atoms with E-state index < -0.39 is 11.6 Å². The first kappa shape index (κ1) is 24.4. The molecule has 0 aliphatic carbocycles. The highest BCUT2D eigenvalue weighted by Gasteiger charge is 2.18. The third-order valence-corrected chi connectivity index (χ3v) is 6.35. The van der Waals surface area contributed by atoms with Crippen molar-refractivity contribution >= 4 is 33.5 Å². The number of hydrogen-bond acceptors (Lipinski definition) is 5. The molecule has 6 rings (SSSR count). The zero-order chi connectivity index (χ0) is 27.1. The molecule has 0 fully saturated rings. The van der Waals surface area contributed by atoms with Gasteiger partial charge in [-0.15, -0.1) is 0 Å². The number of halogens is 2. The Labute approximate surface area is 221 Å². The van der Waals surface area contributed by atoms with Crippen molar-refractivity contribution in [3.05, 3.63) is 78.9 Å². The number of amides is 1. The Morgan fingerprint density at radius 2 is 1.77 bits per heavy atom. The van der Waals surface area contributed by atoms with Gasteiger partial charge in [-0.3, -0.25) is 19.9 Å². The molecule has 0 saturated carbocycles. The van der Waals surface area contributed by atoms with E-state index in [0.717, 1.165) is 40.2 Å². The highest BCUT2D eigenvalue weighted by Crippen LogP contribution is 2.34. The van der Waals surface area contributed by atoms with E-state index in [9.17, 15) is 13.6 Å². The van der Waals surface area contributed by atoms with Crippen molar-refractivity contribution in [3.63, 3.8) is 0 Å². The molecule has 0 radical (unpaired) electrons. The summed E-state index contributed by atoms with van der Waals surface area (Å²) < 4.78 is 28.4. The number of benzene rings is 2. The summed E-state index contributed by atoms with van der Waals surface area (Å²) in [6.45, 7) is 3.98. The summed E-state index contributed by atoms with van der Waals surface area (Å²) in [6, 6.07) is 11.0. The Balaban J connectivity index is 1.39. The number of rotatable bonds is 6. The monoisotopic (exact) mass is 523 g/mol. The van der Waals surface area contributed by atoms with Gasteiger partial charge in [-0.25, -0.2) is 13.8 Å². The van der Waals surface area contributed by atoms with E-state index in [4.69, 9.17) is 4.98 Å². The molecule has 1 amide bonds. The van der Waals surface area contributed by atoms with Gasteiger partial charge in [0, 0.05) is 40.9 Å². The van der Waals surface area contributed by atoms with Crippen molar-refractivity contribution in [2.75, 3.05) is 5.32 Å². The van der Waals surface area contributed by atoms with Crippen LogP contribution in [0.4, 0.5) is 14.5 Å². The molecule has 194 valence electrons. The average molecular weight is 524 g/mol. The number of pyridine rings is 2. The molecular weight excluding hydrogens is 500 g/mol. The zero-order valence-corrected chi connectivity index (χ0v) is 21.1. The topological polar surface area (TPSA) is 112 Å². The minimum atomic E-state index is -0.568. The van der Waals surface area contributed by atoms with Gasteiger partial charge in [0.25, 0.3) is 0 Å². The van der Waals surface area contributed by atoms with E-state index in [2.05, 4.69) is 30.5 Å². The molecule has 0 saturated heterocycles. The third kappa shape index (κ3) is 4.72. The predicted octanol–water partition coefficient (Wildman–Crippen LogP) is 6.49. The number of aromatic nitrogens is 6. The highest BCUT2D eigenvalue weighted by atomic mass is 19.1. The Bertz CT molecular complexity index is 1860. The van der Waals surface area contributed by atoms with Gasteiger partial charge in [-0.05, 0) is 47.9 Å². The summed E-state index contributed by atoms with van der Waals surface area (Å²) in [5.74, 6) is -0.480. The number of aromatic amines is 2. The first-order chi connectivity index (χ1) is 18.9. The number of nitrogens with zero attached hydrogens (tertiary/aromatic N) is 4. The van der Waals surface area contributed by atoms with Crippen molar-refractivity contribution in [2.24, 2.45) is 5.92 Å². The van der Waals surface area contributed by atoms with Gasteiger partial charge in [0.1, 0.15) is 22.8 Å². The SMILES string of the molecule is CC(C)CC(=O)Nc1cncc(-c2ccc3[nH]nc(-c4nc5c(-c6cc(F)ccc6F)cncc5[nH]4)c3c2)c1. The number of nitrogens with one attached hydrogen (secondary N) is 3. The lowest BCUT2D eigenvalue weighted by Gasteiger charge is -2.09. The number of anilines is 1. The van der Waals surface area contributed by atoms with E-state index in [1.807, 2.05) is 38.1 Å². The number of carbonyl (C=O) groups excluding carboxylic acids is 1. The maximum absolute atomic E-state index is 14.6. The molecule has 0 aliphatic rings. The third-order valence-electron chi connectivity index (χ3n) is 6.35. The first-order valence-corrected chi connectivity index (χ1v) is 12.4. The van der Waals surface area contributed by atoms with Crippen LogP contribution in [0.25, 0.3) is 55.7 Å². The van der Waals surface area contributed by atoms with Gasteiger partial charge in [0.15, 0.2) is 5.82 Å². The second kappa shape index (κ2) is 9.71. The van der Waals surface area contributed by atoms with Crippen LogP contribution in [0.1, 0.15) is 20.3 Å². The van der Waals surface area contributed by atoms with Crippen LogP contribution in [0, 0.1) is 17.6 Å². The van der Waals surface area contributed by atoms with Gasteiger partial charge in [0.2, 0.25) is 5.91 Å². The summed E-state index contributed by atoms with van der Waals surface area (Å²) in [4.78, 5) is 28.6. The van der Waals surface area contributed by atoms with Crippen molar-refractivity contribution in [2.45, 2.75) is 20.3 Å². The summed E-state index contributed by atoms with van der Waals surface area (Å²) in [7, 11) is 0. The van der Waals surface area contributed by atoms with Crippen LogP contribution in [-0.4, -0.2) is 36.0 Å². The Morgan fingerprint density at radius 3 is 2.62 bits per heavy atom.